The Bertz CT molecular complexity index is 231. The lowest BCUT2D eigenvalue weighted by molar-refractivity contribution is -0.148. The van der Waals surface area contributed by atoms with Crippen molar-refractivity contribution in [1.82, 2.24) is 4.90 Å². The van der Waals surface area contributed by atoms with Gasteiger partial charge < -0.3 is 15.7 Å². The maximum atomic E-state index is 11.6. The summed E-state index contributed by atoms with van der Waals surface area (Å²) in [5.74, 6) is -1.38. The maximum absolute atomic E-state index is 11.6. The molecule has 0 saturated carbocycles. The van der Waals surface area contributed by atoms with Crippen LogP contribution in [0.5, 0.6) is 0 Å². The topological polar surface area (TPSA) is 83.6 Å². The summed E-state index contributed by atoms with van der Waals surface area (Å²) >= 11 is 0. The van der Waals surface area contributed by atoms with E-state index in [1.165, 1.54) is 4.90 Å². The average molecular weight is 202 g/mol. The van der Waals surface area contributed by atoms with Gasteiger partial charge in [0.05, 0.1) is 6.04 Å². The van der Waals surface area contributed by atoms with Gasteiger partial charge in [0.25, 0.3) is 0 Å². The number of nitrogens with zero attached hydrogens (tertiary/aromatic N) is 1. The Morgan fingerprint density at radius 3 is 2.07 bits per heavy atom. The molecule has 82 valence electrons. The third-order valence-electron chi connectivity index (χ3n) is 1.76. The molecule has 0 aromatic carbocycles. The van der Waals surface area contributed by atoms with Gasteiger partial charge in [-0.25, -0.2) is 0 Å². The Morgan fingerprint density at radius 2 is 1.86 bits per heavy atom. The number of aliphatic carboxylic acids is 1. The van der Waals surface area contributed by atoms with Crippen molar-refractivity contribution in [3.8, 4) is 0 Å². The van der Waals surface area contributed by atoms with Crippen LogP contribution in [0.25, 0.3) is 0 Å². The Morgan fingerprint density at radius 1 is 1.43 bits per heavy atom. The number of carbonyl (C=O) groups excluding carboxylic acids is 1. The number of carbonyl (C=O) groups is 2. The maximum Gasteiger partial charge on any atom is 0.323 e. The Kier molecular flexibility index (Phi) is 4.07. The fourth-order valence-corrected chi connectivity index (χ4v) is 1.03. The molecule has 0 aromatic rings. The van der Waals surface area contributed by atoms with E-state index in [0.29, 0.717) is 0 Å². The van der Waals surface area contributed by atoms with E-state index in [1.54, 1.807) is 27.7 Å². The predicted molar refractivity (Wildman–Crippen MR) is 52.8 cm³/mol. The highest BCUT2D eigenvalue weighted by molar-refractivity contribution is 5.85. The Hall–Kier alpha value is -1.10. The molecule has 0 spiro atoms. The van der Waals surface area contributed by atoms with Gasteiger partial charge >= 0.3 is 5.97 Å². The van der Waals surface area contributed by atoms with E-state index in [-0.39, 0.29) is 12.5 Å². The van der Waals surface area contributed by atoms with Crippen LogP contribution in [0.15, 0.2) is 0 Å². The van der Waals surface area contributed by atoms with Crippen LogP contribution in [0.1, 0.15) is 27.7 Å². The third-order valence-corrected chi connectivity index (χ3v) is 1.76. The Balaban J connectivity index is 4.73. The average Bonchev–Trinajstić information content (AvgIpc) is 1.96. The van der Waals surface area contributed by atoms with Crippen molar-refractivity contribution in [1.29, 1.82) is 0 Å². The van der Waals surface area contributed by atoms with Gasteiger partial charge in [-0.1, -0.05) is 0 Å². The lowest BCUT2D eigenvalue weighted by Gasteiger charge is -2.35. The lowest BCUT2D eigenvalue weighted by Crippen LogP contribution is -2.53. The highest BCUT2D eigenvalue weighted by atomic mass is 16.4. The molecule has 0 heterocycles. The van der Waals surface area contributed by atoms with Crippen molar-refractivity contribution in [3.05, 3.63) is 0 Å². The molecule has 3 N–H and O–H groups in total. The molecule has 0 aliphatic carbocycles. The molecule has 14 heavy (non-hydrogen) atoms. The van der Waals surface area contributed by atoms with Crippen LogP contribution in [0.2, 0.25) is 0 Å². The first-order valence-electron chi connectivity index (χ1n) is 4.45. The Labute approximate surface area is 83.9 Å². The first kappa shape index (κ1) is 12.9. The molecule has 0 bridgehead atoms. The summed E-state index contributed by atoms with van der Waals surface area (Å²) in [6.45, 7) is 6.55. The van der Waals surface area contributed by atoms with Crippen LogP contribution < -0.4 is 5.73 Å². The van der Waals surface area contributed by atoms with Crippen LogP contribution in [-0.2, 0) is 9.59 Å². The molecular weight excluding hydrogens is 184 g/mol. The second-order valence-corrected chi connectivity index (χ2v) is 4.28. The number of amides is 1. The molecule has 5 heteroatoms. The smallest absolute Gasteiger partial charge is 0.323 e. The second kappa shape index (κ2) is 4.41. The first-order valence-corrected chi connectivity index (χ1v) is 4.45. The highest BCUT2D eigenvalue weighted by Crippen LogP contribution is 2.13. The fourth-order valence-electron chi connectivity index (χ4n) is 1.03. The van der Waals surface area contributed by atoms with Crippen molar-refractivity contribution in [2.45, 2.75) is 39.3 Å². The molecule has 1 atom stereocenters. The van der Waals surface area contributed by atoms with Gasteiger partial charge in [0.1, 0.15) is 6.54 Å². The van der Waals surface area contributed by atoms with E-state index in [0.717, 1.165) is 0 Å². The van der Waals surface area contributed by atoms with E-state index < -0.39 is 17.6 Å². The summed E-state index contributed by atoms with van der Waals surface area (Å²) in [5.41, 5.74) is 4.90. The molecule has 1 unspecified atom stereocenters. The SMILES string of the molecule is CC(N)C(=O)N(CC(=O)O)C(C)(C)C. The normalized spacial score (nSPS) is 13.5. The van der Waals surface area contributed by atoms with Crippen molar-refractivity contribution >= 4 is 11.9 Å². The molecule has 0 rings (SSSR count). The van der Waals surface area contributed by atoms with Gasteiger partial charge in [0.15, 0.2) is 0 Å². The molecule has 0 aromatic heterocycles. The van der Waals surface area contributed by atoms with Crippen molar-refractivity contribution in [3.63, 3.8) is 0 Å². The van der Waals surface area contributed by atoms with Crippen LogP contribution in [0, 0.1) is 0 Å². The summed E-state index contributed by atoms with van der Waals surface area (Å²) in [7, 11) is 0. The first-order chi connectivity index (χ1) is 6.16. The quantitative estimate of drug-likeness (QED) is 0.677. The summed E-state index contributed by atoms with van der Waals surface area (Å²) in [5, 5.41) is 8.64. The third kappa shape index (κ3) is 3.74. The molecule has 0 saturated heterocycles. The van der Waals surface area contributed by atoms with E-state index >= 15 is 0 Å². The zero-order valence-corrected chi connectivity index (χ0v) is 9.07. The predicted octanol–water partition coefficient (Wildman–Crippen LogP) is 0.0453. The van der Waals surface area contributed by atoms with Crippen molar-refractivity contribution < 1.29 is 14.7 Å². The lowest BCUT2D eigenvalue weighted by atomic mass is 10.0. The largest absolute Gasteiger partial charge is 0.480 e. The van der Waals surface area contributed by atoms with Gasteiger partial charge in [0.2, 0.25) is 5.91 Å². The zero-order valence-electron chi connectivity index (χ0n) is 9.07. The fraction of sp³-hybridized carbons (Fsp3) is 0.778. The van der Waals surface area contributed by atoms with Gasteiger partial charge in [-0.05, 0) is 27.7 Å². The molecule has 0 aliphatic heterocycles. The number of hydrogen-bond acceptors (Lipinski definition) is 3. The molecular formula is C9H18N2O3. The van der Waals surface area contributed by atoms with E-state index in [2.05, 4.69) is 0 Å². The number of rotatable bonds is 3. The van der Waals surface area contributed by atoms with Crippen LogP contribution in [0.3, 0.4) is 0 Å². The number of hydrogen-bond donors (Lipinski definition) is 2. The van der Waals surface area contributed by atoms with Gasteiger partial charge in [-0.3, -0.25) is 9.59 Å². The number of carboxylic acid groups (broad SMARTS) is 1. The molecule has 0 radical (unpaired) electrons. The van der Waals surface area contributed by atoms with E-state index in [1.807, 2.05) is 0 Å². The second-order valence-electron chi connectivity index (χ2n) is 4.28. The minimum absolute atomic E-state index is 0.316. The van der Waals surface area contributed by atoms with Gasteiger partial charge in [-0.15, -0.1) is 0 Å². The minimum atomic E-state index is -1.03. The summed E-state index contributed by atoms with van der Waals surface area (Å²) in [6.07, 6.45) is 0. The molecule has 5 nitrogen and oxygen atoms in total. The monoisotopic (exact) mass is 202 g/mol. The van der Waals surface area contributed by atoms with Crippen LogP contribution in [0.4, 0.5) is 0 Å². The van der Waals surface area contributed by atoms with Crippen LogP contribution >= 0.6 is 0 Å². The standard InChI is InChI=1S/C9H18N2O3/c1-6(10)8(14)11(5-7(12)13)9(2,3)4/h6H,5,10H2,1-4H3,(H,12,13). The summed E-state index contributed by atoms with van der Waals surface area (Å²) < 4.78 is 0. The molecule has 1 amide bonds. The molecule has 0 fully saturated rings. The van der Waals surface area contributed by atoms with Crippen molar-refractivity contribution in [2.24, 2.45) is 5.73 Å². The van der Waals surface area contributed by atoms with E-state index in [9.17, 15) is 9.59 Å². The van der Waals surface area contributed by atoms with Crippen molar-refractivity contribution in [2.75, 3.05) is 6.54 Å². The number of carboxylic acids is 1. The van der Waals surface area contributed by atoms with Gasteiger partial charge in [-0.2, -0.15) is 0 Å². The summed E-state index contributed by atoms with van der Waals surface area (Å²) in [6, 6.07) is -0.673. The zero-order chi connectivity index (χ0) is 11.5. The van der Waals surface area contributed by atoms with Crippen LogP contribution in [-0.4, -0.2) is 40.0 Å². The minimum Gasteiger partial charge on any atom is -0.480 e. The highest BCUT2D eigenvalue weighted by Gasteiger charge is 2.29. The molecule has 0 aliphatic rings. The van der Waals surface area contributed by atoms with E-state index in [4.69, 9.17) is 10.8 Å². The van der Waals surface area contributed by atoms with Gasteiger partial charge in [0, 0.05) is 5.54 Å². The number of nitrogens with two attached hydrogens (primary N) is 1. The summed E-state index contributed by atoms with van der Waals surface area (Å²) in [4.78, 5) is 23.4.